The van der Waals surface area contributed by atoms with Crippen LogP contribution < -0.4 is 14.8 Å². The SMILES string of the molecule is CCCC(CCC)(CNC)c1ccc(OC)c(OC)c1. The van der Waals surface area contributed by atoms with Crippen LogP contribution in [-0.2, 0) is 5.41 Å². The normalized spacial score (nSPS) is 11.4. The van der Waals surface area contributed by atoms with Gasteiger partial charge >= 0.3 is 0 Å². The first-order valence-corrected chi connectivity index (χ1v) is 7.54. The lowest BCUT2D eigenvalue weighted by molar-refractivity contribution is 0.333. The Balaban J connectivity index is 3.24. The van der Waals surface area contributed by atoms with E-state index in [1.807, 2.05) is 13.1 Å². The molecule has 0 aliphatic rings. The predicted molar refractivity (Wildman–Crippen MR) is 85.0 cm³/mol. The molecule has 0 saturated carbocycles. The molecule has 0 aromatic heterocycles. The summed E-state index contributed by atoms with van der Waals surface area (Å²) < 4.78 is 10.8. The van der Waals surface area contributed by atoms with Gasteiger partial charge in [0, 0.05) is 12.0 Å². The van der Waals surface area contributed by atoms with E-state index in [-0.39, 0.29) is 5.41 Å². The summed E-state index contributed by atoms with van der Waals surface area (Å²) >= 11 is 0. The zero-order chi connectivity index (χ0) is 15.0. The average Bonchev–Trinajstić information content (AvgIpc) is 2.47. The van der Waals surface area contributed by atoms with E-state index in [0.717, 1.165) is 18.0 Å². The number of nitrogens with one attached hydrogen (secondary N) is 1. The van der Waals surface area contributed by atoms with Gasteiger partial charge in [0.25, 0.3) is 0 Å². The molecule has 3 heteroatoms. The van der Waals surface area contributed by atoms with Gasteiger partial charge in [-0.15, -0.1) is 0 Å². The number of hydrogen-bond acceptors (Lipinski definition) is 3. The second-order valence-corrected chi connectivity index (χ2v) is 5.38. The van der Waals surface area contributed by atoms with Crippen LogP contribution in [0.15, 0.2) is 18.2 Å². The van der Waals surface area contributed by atoms with Crippen molar-refractivity contribution in [2.24, 2.45) is 0 Å². The first-order valence-electron chi connectivity index (χ1n) is 7.54. The second kappa shape index (κ2) is 8.15. The molecule has 0 heterocycles. The second-order valence-electron chi connectivity index (χ2n) is 5.38. The summed E-state index contributed by atoms with van der Waals surface area (Å²) in [5.74, 6) is 1.61. The molecule has 1 N–H and O–H groups in total. The van der Waals surface area contributed by atoms with Crippen LogP contribution in [0.3, 0.4) is 0 Å². The van der Waals surface area contributed by atoms with E-state index in [1.54, 1.807) is 14.2 Å². The fourth-order valence-electron chi connectivity index (χ4n) is 3.15. The van der Waals surface area contributed by atoms with Crippen molar-refractivity contribution in [3.05, 3.63) is 23.8 Å². The van der Waals surface area contributed by atoms with Crippen LogP contribution in [0.5, 0.6) is 11.5 Å². The molecule has 0 aliphatic carbocycles. The molecule has 0 atom stereocenters. The number of benzene rings is 1. The van der Waals surface area contributed by atoms with Gasteiger partial charge < -0.3 is 14.8 Å². The molecule has 0 unspecified atom stereocenters. The maximum Gasteiger partial charge on any atom is 0.161 e. The van der Waals surface area contributed by atoms with E-state index in [2.05, 4.69) is 31.3 Å². The fourth-order valence-corrected chi connectivity index (χ4v) is 3.15. The summed E-state index contributed by atoms with van der Waals surface area (Å²) in [6, 6.07) is 6.34. The van der Waals surface area contributed by atoms with Crippen molar-refractivity contribution in [1.29, 1.82) is 0 Å². The first kappa shape index (κ1) is 16.8. The summed E-state index contributed by atoms with van der Waals surface area (Å²) in [7, 11) is 5.40. The average molecular weight is 279 g/mol. The van der Waals surface area contributed by atoms with Crippen LogP contribution in [0, 0.1) is 0 Å². The van der Waals surface area contributed by atoms with E-state index in [4.69, 9.17) is 9.47 Å². The quantitative estimate of drug-likeness (QED) is 0.746. The van der Waals surface area contributed by atoms with Gasteiger partial charge in [0.1, 0.15) is 0 Å². The maximum atomic E-state index is 5.46. The molecule has 1 aromatic carbocycles. The van der Waals surface area contributed by atoms with Crippen molar-refractivity contribution in [3.8, 4) is 11.5 Å². The summed E-state index contributed by atoms with van der Waals surface area (Å²) in [4.78, 5) is 0. The first-order chi connectivity index (χ1) is 9.67. The molecule has 0 radical (unpaired) electrons. The number of ether oxygens (including phenoxy) is 2. The predicted octanol–water partition coefficient (Wildman–Crippen LogP) is 3.76. The highest BCUT2D eigenvalue weighted by Crippen LogP contribution is 2.38. The Morgan fingerprint density at radius 1 is 1.00 bits per heavy atom. The van der Waals surface area contributed by atoms with Gasteiger partial charge in [-0.2, -0.15) is 0 Å². The smallest absolute Gasteiger partial charge is 0.161 e. The molecule has 0 amide bonds. The van der Waals surface area contributed by atoms with Gasteiger partial charge in [0.05, 0.1) is 14.2 Å². The van der Waals surface area contributed by atoms with Gasteiger partial charge in [0.15, 0.2) is 11.5 Å². The van der Waals surface area contributed by atoms with Crippen molar-refractivity contribution in [2.75, 3.05) is 27.8 Å². The molecule has 0 saturated heterocycles. The summed E-state index contributed by atoms with van der Waals surface area (Å²) in [5, 5.41) is 3.37. The van der Waals surface area contributed by atoms with Crippen molar-refractivity contribution < 1.29 is 9.47 Å². The third-order valence-corrected chi connectivity index (χ3v) is 3.97. The lowest BCUT2D eigenvalue weighted by Gasteiger charge is -2.34. The standard InChI is InChI=1S/C17H29NO2/c1-6-10-17(11-7-2,13-18-3)14-8-9-15(19-4)16(12-14)20-5/h8-9,12,18H,6-7,10-11,13H2,1-5H3. The molecular weight excluding hydrogens is 250 g/mol. The number of rotatable bonds is 9. The molecule has 1 aromatic rings. The zero-order valence-corrected chi connectivity index (χ0v) is 13.6. The van der Waals surface area contributed by atoms with E-state index in [0.29, 0.717) is 0 Å². The van der Waals surface area contributed by atoms with Gasteiger partial charge in [-0.1, -0.05) is 32.8 Å². The highest BCUT2D eigenvalue weighted by Gasteiger charge is 2.30. The number of methoxy groups -OCH3 is 2. The Labute approximate surface area is 123 Å². The minimum Gasteiger partial charge on any atom is -0.493 e. The fraction of sp³-hybridized carbons (Fsp3) is 0.647. The lowest BCUT2D eigenvalue weighted by Crippen LogP contribution is -2.36. The third-order valence-electron chi connectivity index (χ3n) is 3.97. The maximum absolute atomic E-state index is 5.46. The van der Waals surface area contributed by atoms with Crippen LogP contribution in [0.25, 0.3) is 0 Å². The van der Waals surface area contributed by atoms with E-state index in [1.165, 1.54) is 31.2 Å². The highest BCUT2D eigenvalue weighted by molar-refractivity contribution is 5.45. The number of likely N-dealkylation sites (N-methyl/N-ethyl adjacent to an activating group) is 1. The van der Waals surface area contributed by atoms with Crippen LogP contribution in [0.4, 0.5) is 0 Å². The molecule has 3 nitrogen and oxygen atoms in total. The summed E-state index contributed by atoms with van der Waals surface area (Å²) in [6.07, 6.45) is 4.71. The molecule has 0 fully saturated rings. The summed E-state index contributed by atoms with van der Waals surface area (Å²) in [5.41, 5.74) is 1.52. The van der Waals surface area contributed by atoms with E-state index < -0.39 is 0 Å². The Morgan fingerprint density at radius 2 is 1.60 bits per heavy atom. The zero-order valence-electron chi connectivity index (χ0n) is 13.6. The van der Waals surface area contributed by atoms with Crippen LogP contribution in [-0.4, -0.2) is 27.8 Å². The highest BCUT2D eigenvalue weighted by atomic mass is 16.5. The van der Waals surface area contributed by atoms with E-state index in [9.17, 15) is 0 Å². The minimum absolute atomic E-state index is 0.178. The molecule has 20 heavy (non-hydrogen) atoms. The van der Waals surface area contributed by atoms with Gasteiger partial charge in [-0.3, -0.25) is 0 Å². The molecule has 0 spiro atoms. The summed E-state index contributed by atoms with van der Waals surface area (Å²) in [6.45, 7) is 5.49. The Hall–Kier alpha value is -1.22. The Bertz CT molecular complexity index is 387. The van der Waals surface area contributed by atoms with Crippen LogP contribution in [0.2, 0.25) is 0 Å². The van der Waals surface area contributed by atoms with Crippen LogP contribution in [0.1, 0.15) is 45.1 Å². The molecule has 114 valence electrons. The van der Waals surface area contributed by atoms with Crippen LogP contribution >= 0.6 is 0 Å². The van der Waals surface area contributed by atoms with Crippen molar-refractivity contribution in [3.63, 3.8) is 0 Å². The van der Waals surface area contributed by atoms with Crippen molar-refractivity contribution >= 4 is 0 Å². The van der Waals surface area contributed by atoms with Gasteiger partial charge in [-0.05, 0) is 37.6 Å². The Kier molecular flexibility index (Phi) is 6.86. The Morgan fingerprint density at radius 3 is 2.05 bits per heavy atom. The molecule has 0 aliphatic heterocycles. The van der Waals surface area contributed by atoms with Crippen molar-refractivity contribution in [1.82, 2.24) is 5.32 Å². The topological polar surface area (TPSA) is 30.5 Å². The monoisotopic (exact) mass is 279 g/mol. The molecular formula is C17H29NO2. The number of hydrogen-bond donors (Lipinski definition) is 1. The third kappa shape index (κ3) is 3.66. The molecule has 1 rings (SSSR count). The largest absolute Gasteiger partial charge is 0.493 e. The molecule has 0 bridgehead atoms. The van der Waals surface area contributed by atoms with E-state index >= 15 is 0 Å². The van der Waals surface area contributed by atoms with Gasteiger partial charge in [0.2, 0.25) is 0 Å². The minimum atomic E-state index is 0.178. The van der Waals surface area contributed by atoms with Crippen molar-refractivity contribution in [2.45, 2.75) is 44.9 Å². The lowest BCUT2D eigenvalue weighted by atomic mass is 9.73. The van der Waals surface area contributed by atoms with Gasteiger partial charge in [-0.25, -0.2) is 0 Å².